The normalized spacial score (nSPS) is 22.2. The molecule has 2 aliphatic rings. The Labute approximate surface area is 193 Å². The number of likely N-dealkylation sites (tertiary alicyclic amines) is 1. The van der Waals surface area contributed by atoms with Gasteiger partial charge in [0.15, 0.2) is 11.6 Å². The molecule has 1 aliphatic carbocycles. The molecule has 0 bridgehead atoms. The van der Waals surface area contributed by atoms with Gasteiger partial charge in [-0.05, 0) is 87.1 Å². The minimum Gasteiger partial charge on any atom is -0.487 e. The zero-order valence-electron chi connectivity index (χ0n) is 18.3. The Bertz CT molecular complexity index is 927. The van der Waals surface area contributed by atoms with E-state index in [9.17, 15) is 9.18 Å². The molecule has 1 amide bonds. The fourth-order valence-electron chi connectivity index (χ4n) is 4.72. The lowest BCUT2D eigenvalue weighted by atomic mass is 9.84. The molecule has 1 saturated carbocycles. The van der Waals surface area contributed by atoms with Crippen LogP contribution in [-0.4, -0.2) is 42.6 Å². The molecule has 1 aromatic heterocycles. The Hall–Kier alpha value is -2.43. The molecule has 0 atom stereocenters. The van der Waals surface area contributed by atoms with Crippen LogP contribution in [0.2, 0.25) is 0 Å². The van der Waals surface area contributed by atoms with Gasteiger partial charge in [-0.3, -0.25) is 4.79 Å². The van der Waals surface area contributed by atoms with E-state index in [4.69, 9.17) is 10.00 Å². The van der Waals surface area contributed by atoms with Gasteiger partial charge in [0.05, 0.1) is 16.5 Å². The lowest BCUT2D eigenvalue weighted by Crippen LogP contribution is -2.40. The van der Waals surface area contributed by atoms with Crippen molar-refractivity contribution in [2.75, 3.05) is 19.6 Å². The molecular weight excluding hydrogens is 425 g/mol. The van der Waals surface area contributed by atoms with Crippen molar-refractivity contribution in [1.82, 2.24) is 10.2 Å². The molecule has 170 valence electrons. The maximum atomic E-state index is 14.1. The van der Waals surface area contributed by atoms with Gasteiger partial charge in [0.25, 0.3) is 5.91 Å². The molecule has 2 fully saturated rings. The van der Waals surface area contributed by atoms with E-state index in [1.165, 1.54) is 36.7 Å². The van der Waals surface area contributed by atoms with Crippen molar-refractivity contribution in [1.29, 1.82) is 5.26 Å². The van der Waals surface area contributed by atoms with Crippen molar-refractivity contribution >= 4 is 17.2 Å². The van der Waals surface area contributed by atoms with Gasteiger partial charge in [-0.2, -0.15) is 5.26 Å². The van der Waals surface area contributed by atoms with Gasteiger partial charge in [-0.15, -0.1) is 11.3 Å². The zero-order chi connectivity index (χ0) is 22.3. The molecule has 0 unspecified atom stereocenters. The van der Waals surface area contributed by atoms with Crippen molar-refractivity contribution in [3.63, 3.8) is 0 Å². The first-order valence-corrected chi connectivity index (χ1v) is 12.4. The third kappa shape index (κ3) is 6.08. The van der Waals surface area contributed by atoms with Crippen molar-refractivity contribution in [3.05, 3.63) is 52.0 Å². The van der Waals surface area contributed by atoms with Crippen LogP contribution < -0.4 is 10.1 Å². The highest BCUT2D eigenvalue weighted by Crippen LogP contribution is 2.28. The number of thiophene rings is 1. The second-order valence-electron chi connectivity index (χ2n) is 8.87. The number of carbonyl (C=O) groups is 1. The highest BCUT2D eigenvalue weighted by molar-refractivity contribution is 7.12. The molecule has 2 aromatic rings. The number of hydrogen-bond acceptors (Lipinski definition) is 5. The fraction of sp³-hybridized carbons (Fsp3) is 0.520. The molecule has 2 heterocycles. The maximum absolute atomic E-state index is 14.1. The number of carbonyl (C=O) groups excluding carboxylic acids is 1. The molecule has 7 heteroatoms. The van der Waals surface area contributed by atoms with Crippen LogP contribution in [0.3, 0.4) is 0 Å². The van der Waals surface area contributed by atoms with Crippen LogP contribution in [0, 0.1) is 23.1 Å². The van der Waals surface area contributed by atoms with Crippen LogP contribution in [0.4, 0.5) is 4.39 Å². The number of hydrogen-bond donors (Lipinski definition) is 1. The fourth-order valence-corrected chi connectivity index (χ4v) is 5.35. The predicted octanol–water partition coefficient (Wildman–Crippen LogP) is 4.98. The van der Waals surface area contributed by atoms with Gasteiger partial charge in [0.1, 0.15) is 6.10 Å². The molecule has 4 rings (SSSR count). The number of nitriles is 1. The summed E-state index contributed by atoms with van der Waals surface area (Å²) in [7, 11) is 0. The summed E-state index contributed by atoms with van der Waals surface area (Å²) in [5, 5.41) is 14.0. The molecule has 1 aromatic carbocycles. The number of amides is 1. The number of ether oxygens (including phenoxy) is 1. The first-order chi connectivity index (χ1) is 15.6. The molecule has 1 saturated heterocycles. The highest BCUT2D eigenvalue weighted by Gasteiger charge is 2.25. The summed E-state index contributed by atoms with van der Waals surface area (Å²) in [6, 6.07) is 10.4. The topological polar surface area (TPSA) is 65.4 Å². The summed E-state index contributed by atoms with van der Waals surface area (Å²) < 4.78 is 19.9. The van der Waals surface area contributed by atoms with E-state index in [-0.39, 0.29) is 17.8 Å². The van der Waals surface area contributed by atoms with Crippen LogP contribution in [0.25, 0.3) is 0 Å². The lowest BCUT2D eigenvalue weighted by molar-refractivity contribution is 0.0888. The number of piperidine rings is 1. The van der Waals surface area contributed by atoms with Crippen LogP contribution in [0.1, 0.15) is 60.2 Å². The van der Waals surface area contributed by atoms with Gasteiger partial charge in [0, 0.05) is 19.1 Å². The Morgan fingerprint density at radius 1 is 1.19 bits per heavy atom. The summed E-state index contributed by atoms with van der Waals surface area (Å²) in [4.78, 5) is 15.5. The van der Waals surface area contributed by atoms with Gasteiger partial charge >= 0.3 is 0 Å². The molecule has 0 radical (unpaired) electrons. The molecular formula is C25H30FN3O2S. The standard InChI is InChI=1S/C25H30FN3O2S/c26-22-16-19(17-27)5-8-23(22)31-21-10-13-29(14-11-21)12-9-18-3-6-20(7-4-18)28-25(30)24-2-1-15-32-24/h1-2,5,8,15-16,18,20-21H,3-4,6-7,9-14H2,(H,28,30)/t18-,20-. The number of benzene rings is 1. The van der Waals surface area contributed by atoms with Crippen LogP contribution >= 0.6 is 11.3 Å². The number of nitrogens with zero attached hydrogens (tertiary/aromatic N) is 2. The van der Waals surface area contributed by atoms with Gasteiger partial charge in [0.2, 0.25) is 0 Å². The average Bonchev–Trinajstić information content (AvgIpc) is 3.36. The molecule has 32 heavy (non-hydrogen) atoms. The minimum absolute atomic E-state index is 0.0241. The van der Waals surface area contributed by atoms with E-state index in [0.29, 0.717) is 11.6 Å². The predicted molar refractivity (Wildman–Crippen MR) is 123 cm³/mol. The SMILES string of the molecule is N#Cc1ccc(OC2CCN(CC[C@H]3CC[C@H](NC(=O)c4cccs4)CC3)CC2)c(F)c1. The van der Waals surface area contributed by atoms with Crippen molar-refractivity contribution in [2.24, 2.45) is 5.92 Å². The quantitative estimate of drug-likeness (QED) is 0.639. The van der Waals surface area contributed by atoms with Crippen molar-refractivity contribution in [2.45, 2.75) is 57.1 Å². The van der Waals surface area contributed by atoms with Gasteiger partial charge in [-0.1, -0.05) is 6.07 Å². The second kappa shape index (κ2) is 10.9. The average molecular weight is 456 g/mol. The Kier molecular flexibility index (Phi) is 7.77. The smallest absolute Gasteiger partial charge is 0.261 e. The zero-order valence-corrected chi connectivity index (χ0v) is 19.1. The molecule has 0 spiro atoms. The van der Waals surface area contributed by atoms with E-state index in [0.717, 1.165) is 56.1 Å². The molecule has 1 aliphatic heterocycles. The first-order valence-electron chi connectivity index (χ1n) is 11.5. The summed E-state index contributed by atoms with van der Waals surface area (Å²) in [6.45, 7) is 3.03. The summed E-state index contributed by atoms with van der Waals surface area (Å²) in [5.41, 5.74) is 0.309. The third-order valence-electron chi connectivity index (χ3n) is 6.67. The van der Waals surface area contributed by atoms with E-state index in [1.807, 2.05) is 23.6 Å². The van der Waals surface area contributed by atoms with Gasteiger partial charge in [-0.25, -0.2) is 4.39 Å². The third-order valence-corrected chi connectivity index (χ3v) is 7.54. The highest BCUT2D eigenvalue weighted by atomic mass is 32.1. The van der Waals surface area contributed by atoms with Crippen molar-refractivity contribution < 1.29 is 13.9 Å². The van der Waals surface area contributed by atoms with Gasteiger partial charge < -0.3 is 15.0 Å². The largest absolute Gasteiger partial charge is 0.487 e. The summed E-state index contributed by atoms with van der Waals surface area (Å²) in [6.07, 6.45) is 7.47. The second-order valence-corrected chi connectivity index (χ2v) is 9.82. The number of halogens is 1. The molecule has 5 nitrogen and oxygen atoms in total. The monoisotopic (exact) mass is 455 g/mol. The number of rotatable bonds is 7. The Balaban J connectivity index is 1.12. The van der Waals surface area contributed by atoms with E-state index < -0.39 is 5.82 Å². The van der Waals surface area contributed by atoms with Crippen LogP contribution in [0.5, 0.6) is 5.75 Å². The summed E-state index contributed by atoms with van der Waals surface area (Å²) >= 11 is 1.49. The van der Waals surface area contributed by atoms with E-state index in [2.05, 4.69) is 10.2 Å². The maximum Gasteiger partial charge on any atom is 0.261 e. The van der Waals surface area contributed by atoms with E-state index in [1.54, 1.807) is 12.1 Å². The molecule has 1 N–H and O–H groups in total. The summed E-state index contributed by atoms with van der Waals surface area (Å²) in [5.74, 6) is 0.570. The first kappa shape index (κ1) is 22.8. The van der Waals surface area contributed by atoms with Crippen LogP contribution in [0.15, 0.2) is 35.7 Å². The lowest BCUT2D eigenvalue weighted by Gasteiger charge is -2.34. The van der Waals surface area contributed by atoms with E-state index >= 15 is 0 Å². The Morgan fingerprint density at radius 3 is 2.62 bits per heavy atom. The van der Waals surface area contributed by atoms with Crippen LogP contribution in [-0.2, 0) is 0 Å². The minimum atomic E-state index is -0.464. The van der Waals surface area contributed by atoms with Crippen molar-refractivity contribution in [3.8, 4) is 11.8 Å². The number of nitrogens with one attached hydrogen (secondary N) is 1. The Morgan fingerprint density at radius 2 is 1.97 bits per heavy atom.